The van der Waals surface area contributed by atoms with Gasteiger partial charge >= 0.3 is 0 Å². The van der Waals surface area contributed by atoms with Crippen molar-refractivity contribution in [3.05, 3.63) is 29.8 Å². The Balaban J connectivity index is 2.78. The van der Waals surface area contributed by atoms with Crippen molar-refractivity contribution < 1.29 is 0 Å². The molecule has 0 atom stereocenters. The van der Waals surface area contributed by atoms with Gasteiger partial charge in [-0.25, -0.2) is 0 Å². The van der Waals surface area contributed by atoms with Crippen LogP contribution in [0, 0.1) is 0 Å². The van der Waals surface area contributed by atoms with Crippen molar-refractivity contribution in [2.45, 2.75) is 24.0 Å². The molecule has 0 saturated carbocycles. The van der Waals surface area contributed by atoms with Crippen LogP contribution in [0.2, 0.25) is 0 Å². The Labute approximate surface area is 89.6 Å². The van der Waals surface area contributed by atoms with E-state index in [0.717, 1.165) is 5.56 Å². The summed E-state index contributed by atoms with van der Waals surface area (Å²) in [6, 6.07) is 8.18. The number of amidine groups is 1. The zero-order valence-corrected chi connectivity index (χ0v) is 9.64. The average Bonchev–Trinajstić information content (AvgIpc) is 2.17. The van der Waals surface area contributed by atoms with Gasteiger partial charge in [-0.05, 0) is 12.1 Å². The maximum absolute atomic E-state index is 5.69. The van der Waals surface area contributed by atoms with Gasteiger partial charge in [-0.3, -0.25) is 4.99 Å². The Hall–Kier alpha value is -0.960. The summed E-state index contributed by atoms with van der Waals surface area (Å²) < 4.78 is 0. The van der Waals surface area contributed by atoms with E-state index >= 15 is 0 Å². The maximum atomic E-state index is 5.69. The van der Waals surface area contributed by atoms with Crippen LogP contribution in [0.25, 0.3) is 0 Å². The second-order valence-electron chi connectivity index (χ2n) is 3.30. The molecule has 0 unspecified atom stereocenters. The van der Waals surface area contributed by atoms with E-state index < -0.39 is 0 Å². The van der Waals surface area contributed by atoms with E-state index in [1.807, 2.05) is 23.9 Å². The highest BCUT2D eigenvalue weighted by atomic mass is 32.2. The molecule has 0 aliphatic rings. The molecule has 0 heterocycles. The molecule has 0 spiro atoms. The van der Waals surface area contributed by atoms with Gasteiger partial charge in [-0.2, -0.15) is 0 Å². The fraction of sp³-hybridized carbons (Fsp3) is 0.364. The van der Waals surface area contributed by atoms with Gasteiger partial charge in [0.2, 0.25) is 0 Å². The Morgan fingerprint density at radius 1 is 1.29 bits per heavy atom. The lowest BCUT2D eigenvalue weighted by molar-refractivity contribution is 1.11. The topological polar surface area (TPSA) is 38.4 Å². The number of nitrogens with zero attached hydrogens (tertiary/aromatic N) is 1. The molecule has 3 heteroatoms. The molecule has 0 aromatic heterocycles. The first-order valence-electron chi connectivity index (χ1n) is 4.63. The van der Waals surface area contributed by atoms with Gasteiger partial charge in [0.25, 0.3) is 0 Å². The molecule has 0 saturated heterocycles. The third-order valence-corrected chi connectivity index (χ3v) is 2.78. The Morgan fingerprint density at radius 3 is 2.29 bits per heavy atom. The standard InChI is InChI=1S/C11H16N2S/c1-8(2)14-10-6-4-9(5-7-10)11(12)13-3/h4-8H,1-3H3,(H2,12,13). The maximum Gasteiger partial charge on any atom is 0.125 e. The van der Waals surface area contributed by atoms with Gasteiger partial charge in [0.05, 0.1) is 0 Å². The van der Waals surface area contributed by atoms with E-state index in [2.05, 4.69) is 31.0 Å². The first kappa shape index (κ1) is 11.1. The fourth-order valence-electron chi connectivity index (χ4n) is 1.11. The largest absolute Gasteiger partial charge is 0.384 e. The number of nitrogens with two attached hydrogens (primary N) is 1. The van der Waals surface area contributed by atoms with Crippen LogP contribution in [0.3, 0.4) is 0 Å². The highest BCUT2D eigenvalue weighted by Gasteiger charge is 2.00. The molecule has 14 heavy (non-hydrogen) atoms. The van der Waals surface area contributed by atoms with Crippen molar-refractivity contribution in [3.63, 3.8) is 0 Å². The van der Waals surface area contributed by atoms with Gasteiger partial charge in [0.15, 0.2) is 0 Å². The number of aliphatic imine (C=N–C) groups is 1. The predicted molar refractivity (Wildman–Crippen MR) is 64.1 cm³/mol. The number of benzene rings is 1. The molecule has 0 radical (unpaired) electrons. The summed E-state index contributed by atoms with van der Waals surface area (Å²) >= 11 is 1.85. The van der Waals surface area contributed by atoms with Crippen LogP contribution in [0.1, 0.15) is 19.4 Å². The van der Waals surface area contributed by atoms with E-state index in [9.17, 15) is 0 Å². The Bertz CT molecular complexity index is 315. The zero-order chi connectivity index (χ0) is 10.6. The highest BCUT2D eigenvalue weighted by molar-refractivity contribution is 7.99. The smallest absolute Gasteiger partial charge is 0.125 e. The van der Waals surface area contributed by atoms with Crippen molar-refractivity contribution >= 4 is 17.6 Å². The predicted octanol–water partition coefficient (Wildman–Crippen LogP) is 2.52. The molecule has 0 amide bonds. The van der Waals surface area contributed by atoms with Gasteiger partial charge < -0.3 is 5.73 Å². The van der Waals surface area contributed by atoms with E-state index in [-0.39, 0.29) is 0 Å². The van der Waals surface area contributed by atoms with Crippen molar-refractivity contribution in [3.8, 4) is 0 Å². The SMILES string of the molecule is CN=C(N)c1ccc(SC(C)C)cc1. The molecule has 76 valence electrons. The van der Waals surface area contributed by atoms with Crippen LogP contribution in [0.15, 0.2) is 34.2 Å². The number of hydrogen-bond donors (Lipinski definition) is 1. The summed E-state index contributed by atoms with van der Waals surface area (Å²) in [5.74, 6) is 0.589. The van der Waals surface area contributed by atoms with Gasteiger partial charge in [0, 0.05) is 22.8 Å². The minimum Gasteiger partial charge on any atom is -0.384 e. The van der Waals surface area contributed by atoms with Crippen LogP contribution in [-0.2, 0) is 0 Å². The van der Waals surface area contributed by atoms with Crippen LogP contribution >= 0.6 is 11.8 Å². The van der Waals surface area contributed by atoms with Crippen LogP contribution < -0.4 is 5.73 Å². The lowest BCUT2D eigenvalue weighted by atomic mass is 10.2. The first-order chi connectivity index (χ1) is 6.63. The molecule has 2 N–H and O–H groups in total. The van der Waals surface area contributed by atoms with Gasteiger partial charge in [-0.1, -0.05) is 26.0 Å². The van der Waals surface area contributed by atoms with Crippen molar-refractivity contribution in [2.24, 2.45) is 10.7 Å². The summed E-state index contributed by atoms with van der Waals surface area (Å²) in [5.41, 5.74) is 6.68. The quantitative estimate of drug-likeness (QED) is 0.471. The molecule has 0 aliphatic heterocycles. The van der Waals surface area contributed by atoms with Crippen molar-refractivity contribution in [1.29, 1.82) is 0 Å². The number of thioether (sulfide) groups is 1. The van der Waals surface area contributed by atoms with Crippen molar-refractivity contribution in [2.75, 3.05) is 7.05 Å². The van der Waals surface area contributed by atoms with Crippen LogP contribution in [-0.4, -0.2) is 18.1 Å². The molecule has 1 aromatic rings. The minimum absolute atomic E-state index is 0.589. The molecular formula is C11H16N2S. The lowest BCUT2D eigenvalue weighted by Gasteiger charge is -2.05. The monoisotopic (exact) mass is 208 g/mol. The summed E-state index contributed by atoms with van der Waals surface area (Å²) in [6.07, 6.45) is 0. The summed E-state index contributed by atoms with van der Waals surface area (Å²) in [4.78, 5) is 5.21. The Morgan fingerprint density at radius 2 is 1.86 bits per heavy atom. The van der Waals surface area contributed by atoms with Gasteiger partial charge in [-0.15, -0.1) is 11.8 Å². The summed E-state index contributed by atoms with van der Waals surface area (Å²) in [7, 11) is 1.70. The molecule has 1 rings (SSSR count). The van der Waals surface area contributed by atoms with E-state index in [0.29, 0.717) is 11.1 Å². The normalized spacial score (nSPS) is 12.1. The molecule has 2 nitrogen and oxygen atoms in total. The minimum atomic E-state index is 0.589. The zero-order valence-electron chi connectivity index (χ0n) is 8.82. The van der Waals surface area contributed by atoms with E-state index in [4.69, 9.17) is 5.73 Å². The molecular weight excluding hydrogens is 192 g/mol. The van der Waals surface area contributed by atoms with Crippen molar-refractivity contribution in [1.82, 2.24) is 0 Å². The second-order valence-corrected chi connectivity index (χ2v) is 4.95. The average molecular weight is 208 g/mol. The molecule has 0 aliphatic carbocycles. The van der Waals surface area contributed by atoms with Crippen LogP contribution in [0.5, 0.6) is 0 Å². The fourth-order valence-corrected chi connectivity index (χ4v) is 1.94. The lowest BCUT2D eigenvalue weighted by Crippen LogP contribution is -2.12. The van der Waals surface area contributed by atoms with Gasteiger partial charge in [0.1, 0.15) is 5.84 Å². The number of rotatable bonds is 3. The highest BCUT2D eigenvalue weighted by Crippen LogP contribution is 2.22. The summed E-state index contributed by atoms with van der Waals surface area (Å²) in [5, 5.41) is 0.609. The third-order valence-electron chi connectivity index (χ3n) is 1.76. The van der Waals surface area contributed by atoms with E-state index in [1.165, 1.54) is 4.90 Å². The number of hydrogen-bond acceptors (Lipinski definition) is 2. The molecule has 1 aromatic carbocycles. The Kier molecular flexibility index (Phi) is 4.01. The third kappa shape index (κ3) is 3.07. The van der Waals surface area contributed by atoms with Crippen LogP contribution in [0.4, 0.5) is 0 Å². The van der Waals surface area contributed by atoms with E-state index in [1.54, 1.807) is 7.05 Å². The second kappa shape index (κ2) is 5.05. The molecule has 0 fully saturated rings. The first-order valence-corrected chi connectivity index (χ1v) is 5.51. The molecule has 0 bridgehead atoms. The summed E-state index contributed by atoms with van der Waals surface area (Å²) in [6.45, 7) is 4.36.